The lowest BCUT2D eigenvalue weighted by Gasteiger charge is -2.22. The Labute approximate surface area is 138 Å². The van der Waals surface area contributed by atoms with Gasteiger partial charge in [-0.1, -0.05) is 12.1 Å². The van der Waals surface area contributed by atoms with Gasteiger partial charge in [0, 0.05) is 4.88 Å². The van der Waals surface area contributed by atoms with Crippen LogP contribution in [0.1, 0.15) is 26.6 Å². The van der Waals surface area contributed by atoms with Crippen LogP contribution in [-0.2, 0) is 13.1 Å². The normalized spacial score (nSPS) is 10.7. The molecule has 0 fully saturated rings. The lowest BCUT2D eigenvalue weighted by atomic mass is 10.1. The average Bonchev–Trinajstić information content (AvgIpc) is 3.19. The number of thiophene rings is 1. The highest BCUT2D eigenvalue weighted by Crippen LogP contribution is 2.21. The van der Waals surface area contributed by atoms with Gasteiger partial charge in [0.1, 0.15) is 11.6 Å². The largest absolute Gasteiger partial charge is 0.467 e. The van der Waals surface area contributed by atoms with Crippen LogP contribution in [0.5, 0.6) is 0 Å². The van der Waals surface area contributed by atoms with Crippen molar-refractivity contribution in [3.8, 4) is 0 Å². The molecular weight excluding hydrogens is 313 g/mol. The van der Waals surface area contributed by atoms with Crippen LogP contribution in [0.3, 0.4) is 0 Å². The van der Waals surface area contributed by atoms with Crippen LogP contribution in [0.15, 0.2) is 58.5 Å². The number of nitrogens with zero attached hydrogens (tertiary/aromatic N) is 1. The second-order valence-electron chi connectivity index (χ2n) is 5.25. The fraction of sp³-hybridized carbons (Fsp3) is 0.167. The molecule has 5 heteroatoms. The highest BCUT2D eigenvalue weighted by Gasteiger charge is 2.21. The number of furan rings is 1. The molecule has 0 atom stereocenters. The Bertz CT molecular complexity index is 795. The molecule has 1 aromatic carbocycles. The third-order valence-electron chi connectivity index (χ3n) is 3.62. The fourth-order valence-electron chi connectivity index (χ4n) is 2.33. The van der Waals surface area contributed by atoms with Crippen LogP contribution < -0.4 is 0 Å². The van der Waals surface area contributed by atoms with Crippen molar-refractivity contribution in [2.24, 2.45) is 0 Å². The number of carbonyl (C=O) groups excluding carboxylic acids is 1. The van der Waals surface area contributed by atoms with Crippen molar-refractivity contribution in [3.63, 3.8) is 0 Å². The van der Waals surface area contributed by atoms with Crippen molar-refractivity contribution in [3.05, 3.63) is 81.7 Å². The summed E-state index contributed by atoms with van der Waals surface area (Å²) in [6.45, 7) is 2.74. The molecule has 2 aromatic heterocycles. The number of carbonyl (C=O) groups is 1. The first-order valence-electron chi connectivity index (χ1n) is 7.24. The molecule has 1 amide bonds. The van der Waals surface area contributed by atoms with Gasteiger partial charge in [-0.25, -0.2) is 4.39 Å². The monoisotopic (exact) mass is 329 g/mol. The van der Waals surface area contributed by atoms with Gasteiger partial charge < -0.3 is 9.32 Å². The molecule has 3 aromatic rings. The Morgan fingerprint density at radius 3 is 2.65 bits per heavy atom. The van der Waals surface area contributed by atoms with E-state index in [1.165, 1.54) is 12.1 Å². The second-order valence-corrected chi connectivity index (χ2v) is 6.25. The van der Waals surface area contributed by atoms with E-state index >= 15 is 0 Å². The molecule has 0 aliphatic heterocycles. The maximum absolute atomic E-state index is 14.0. The number of benzene rings is 1. The smallest absolute Gasteiger partial charge is 0.257 e. The summed E-state index contributed by atoms with van der Waals surface area (Å²) in [6, 6.07) is 11.6. The predicted octanol–water partition coefficient (Wildman–Crippen LogP) is 4.63. The second kappa shape index (κ2) is 6.79. The van der Waals surface area contributed by atoms with Crippen LogP contribution in [0, 0.1) is 12.7 Å². The average molecular weight is 329 g/mol. The Hall–Kier alpha value is -2.40. The lowest BCUT2D eigenvalue weighted by Crippen LogP contribution is -2.30. The summed E-state index contributed by atoms with van der Waals surface area (Å²) in [6.07, 6.45) is 1.57. The van der Waals surface area contributed by atoms with Crippen molar-refractivity contribution in [1.82, 2.24) is 4.90 Å². The first kappa shape index (κ1) is 15.5. The number of amides is 1. The highest BCUT2D eigenvalue weighted by molar-refractivity contribution is 7.10. The van der Waals surface area contributed by atoms with E-state index < -0.39 is 5.82 Å². The molecule has 0 aliphatic carbocycles. The van der Waals surface area contributed by atoms with Gasteiger partial charge in [0.2, 0.25) is 0 Å². The van der Waals surface area contributed by atoms with Crippen molar-refractivity contribution < 1.29 is 13.6 Å². The van der Waals surface area contributed by atoms with Gasteiger partial charge in [-0.2, -0.15) is 0 Å². The van der Waals surface area contributed by atoms with Gasteiger partial charge in [0.05, 0.1) is 24.9 Å². The van der Waals surface area contributed by atoms with E-state index in [1.807, 2.05) is 24.4 Å². The molecule has 0 saturated carbocycles. The Morgan fingerprint density at radius 1 is 1.17 bits per heavy atom. The van der Waals surface area contributed by atoms with Gasteiger partial charge in [0.25, 0.3) is 5.91 Å². The minimum Gasteiger partial charge on any atom is -0.467 e. The van der Waals surface area contributed by atoms with E-state index in [1.54, 1.807) is 40.7 Å². The number of hydrogen-bond donors (Lipinski definition) is 0. The summed E-state index contributed by atoms with van der Waals surface area (Å²) in [5, 5.41) is 1.99. The zero-order chi connectivity index (χ0) is 16.2. The van der Waals surface area contributed by atoms with Gasteiger partial charge in [-0.05, 0) is 48.2 Å². The molecule has 118 valence electrons. The minimum absolute atomic E-state index is 0.0771. The third kappa shape index (κ3) is 3.51. The van der Waals surface area contributed by atoms with Crippen LogP contribution in [-0.4, -0.2) is 10.8 Å². The van der Waals surface area contributed by atoms with Gasteiger partial charge in [-0.3, -0.25) is 4.79 Å². The summed E-state index contributed by atoms with van der Waals surface area (Å²) in [5.74, 6) is -0.180. The van der Waals surface area contributed by atoms with Crippen LogP contribution in [0.4, 0.5) is 4.39 Å². The lowest BCUT2D eigenvalue weighted by molar-refractivity contribution is 0.0714. The van der Waals surface area contributed by atoms with Crippen LogP contribution in [0.25, 0.3) is 0 Å². The minimum atomic E-state index is -0.509. The Balaban J connectivity index is 1.89. The molecule has 0 radical (unpaired) electrons. The predicted molar refractivity (Wildman–Crippen MR) is 87.7 cm³/mol. The number of hydrogen-bond acceptors (Lipinski definition) is 3. The summed E-state index contributed by atoms with van der Waals surface area (Å²) in [5.41, 5.74) is 1.20. The molecule has 0 saturated heterocycles. The van der Waals surface area contributed by atoms with E-state index in [2.05, 4.69) is 0 Å². The molecule has 0 N–H and O–H groups in total. The Kier molecular flexibility index (Phi) is 4.57. The molecule has 3 nitrogen and oxygen atoms in total. The maximum Gasteiger partial charge on any atom is 0.257 e. The Morgan fingerprint density at radius 2 is 2.00 bits per heavy atom. The van der Waals surface area contributed by atoms with Crippen molar-refractivity contribution >= 4 is 17.2 Å². The van der Waals surface area contributed by atoms with Gasteiger partial charge in [0.15, 0.2) is 0 Å². The standard InChI is InChI=1S/C18H16FNO2S/c1-13-8-10-23-17(13)12-20(11-14-5-4-9-22-14)18(21)15-6-2-3-7-16(15)19/h2-10H,11-12H2,1H3. The fourth-order valence-corrected chi connectivity index (χ4v) is 3.26. The number of halogens is 1. The SMILES string of the molecule is Cc1ccsc1CN(Cc1ccco1)C(=O)c1ccccc1F. The first-order chi connectivity index (χ1) is 11.1. The van der Waals surface area contributed by atoms with Crippen molar-refractivity contribution in [2.45, 2.75) is 20.0 Å². The van der Waals surface area contributed by atoms with Gasteiger partial charge in [-0.15, -0.1) is 11.3 Å². The third-order valence-corrected chi connectivity index (χ3v) is 4.63. The molecule has 0 spiro atoms. The zero-order valence-corrected chi connectivity index (χ0v) is 13.5. The van der Waals surface area contributed by atoms with E-state index in [9.17, 15) is 9.18 Å². The summed E-state index contributed by atoms with van der Waals surface area (Å²) < 4.78 is 19.3. The topological polar surface area (TPSA) is 33.5 Å². The van der Waals surface area contributed by atoms with E-state index in [0.29, 0.717) is 18.8 Å². The maximum atomic E-state index is 14.0. The summed E-state index contributed by atoms with van der Waals surface area (Å²) in [4.78, 5) is 15.5. The molecule has 3 rings (SSSR count). The molecule has 23 heavy (non-hydrogen) atoms. The number of rotatable bonds is 5. The van der Waals surface area contributed by atoms with E-state index in [0.717, 1.165) is 10.4 Å². The van der Waals surface area contributed by atoms with Gasteiger partial charge >= 0.3 is 0 Å². The van der Waals surface area contributed by atoms with Crippen LogP contribution in [0.2, 0.25) is 0 Å². The quantitative estimate of drug-likeness (QED) is 0.684. The molecule has 0 aliphatic rings. The van der Waals surface area contributed by atoms with E-state index in [4.69, 9.17) is 4.42 Å². The number of aryl methyl sites for hydroxylation is 1. The summed E-state index contributed by atoms with van der Waals surface area (Å²) in [7, 11) is 0. The molecule has 0 unspecified atom stereocenters. The van der Waals surface area contributed by atoms with Crippen LogP contribution >= 0.6 is 11.3 Å². The van der Waals surface area contributed by atoms with E-state index in [-0.39, 0.29) is 11.5 Å². The van der Waals surface area contributed by atoms with Crippen molar-refractivity contribution in [2.75, 3.05) is 0 Å². The molecule has 0 bridgehead atoms. The summed E-state index contributed by atoms with van der Waals surface area (Å²) >= 11 is 1.59. The molecular formula is C18H16FNO2S. The zero-order valence-electron chi connectivity index (χ0n) is 12.7. The molecule has 2 heterocycles. The first-order valence-corrected chi connectivity index (χ1v) is 8.12. The van der Waals surface area contributed by atoms with Crippen molar-refractivity contribution in [1.29, 1.82) is 0 Å². The highest BCUT2D eigenvalue weighted by atomic mass is 32.1.